The van der Waals surface area contributed by atoms with Crippen LogP contribution in [0.25, 0.3) is 0 Å². The lowest BCUT2D eigenvalue weighted by Crippen LogP contribution is -2.24. The number of carbonyl (C=O) groups is 1. The summed E-state index contributed by atoms with van der Waals surface area (Å²) in [5.41, 5.74) is 4.15. The Balaban J connectivity index is 1.78. The molecule has 4 nitrogen and oxygen atoms in total. The average molecular weight is 328 g/mol. The zero-order valence-corrected chi connectivity index (χ0v) is 13.8. The summed E-state index contributed by atoms with van der Waals surface area (Å²) in [4.78, 5) is 11.7. The predicted molar refractivity (Wildman–Crippen MR) is 92.8 cm³/mol. The molecule has 1 N–H and O–H groups in total. The lowest BCUT2D eigenvalue weighted by Gasteiger charge is -2.10. The van der Waals surface area contributed by atoms with Crippen molar-refractivity contribution in [3.8, 4) is 5.75 Å². The molecule has 0 saturated heterocycles. The maximum absolute atomic E-state index is 13.0. The molecule has 0 fully saturated rings. The van der Waals surface area contributed by atoms with Crippen molar-refractivity contribution in [2.75, 3.05) is 6.61 Å². The van der Waals surface area contributed by atoms with Crippen molar-refractivity contribution >= 4 is 12.1 Å². The van der Waals surface area contributed by atoms with Crippen molar-refractivity contribution in [3.63, 3.8) is 0 Å². The van der Waals surface area contributed by atoms with Gasteiger partial charge in [-0.25, -0.2) is 9.82 Å². The van der Waals surface area contributed by atoms with Crippen LogP contribution in [-0.4, -0.2) is 18.7 Å². The van der Waals surface area contributed by atoms with Crippen LogP contribution in [0.15, 0.2) is 53.6 Å². The first-order valence-corrected chi connectivity index (χ1v) is 7.88. The number of hydrogen-bond acceptors (Lipinski definition) is 3. The van der Waals surface area contributed by atoms with Crippen molar-refractivity contribution in [1.29, 1.82) is 0 Å². The van der Waals surface area contributed by atoms with Crippen molar-refractivity contribution in [3.05, 3.63) is 65.5 Å². The van der Waals surface area contributed by atoms with Gasteiger partial charge in [-0.05, 0) is 47.7 Å². The lowest BCUT2D eigenvalue weighted by atomic mass is 9.99. The molecule has 0 aliphatic carbocycles. The number of hydrazone groups is 1. The van der Waals surface area contributed by atoms with E-state index in [1.807, 2.05) is 24.3 Å². The minimum Gasteiger partial charge on any atom is -0.484 e. The minimum atomic E-state index is -0.381. The molecule has 1 atom stereocenters. The molecule has 0 aliphatic heterocycles. The van der Waals surface area contributed by atoms with Crippen molar-refractivity contribution in [2.24, 2.45) is 5.10 Å². The van der Waals surface area contributed by atoms with Crippen LogP contribution >= 0.6 is 0 Å². The Morgan fingerprint density at radius 1 is 1.29 bits per heavy atom. The van der Waals surface area contributed by atoms with Gasteiger partial charge in [-0.15, -0.1) is 0 Å². The van der Waals surface area contributed by atoms with Gasteiger partial charge in [-0.2, -0.15) is 5.10 Å². The van der Waals surface area contributed by atoms with Crippen LogP contribution in [0.5, 0.6) is 5.75 Å². The van der Waals surface area contributed by atoms with Gasteiger partial charge < -0.3 is 4.74 Å². The maximum Gasteiger partial charge on any atom is 0.277 e. The number of ether oxygens (including phenoxy) is 1. The van der Waals surface area contributed by atoms with Crippen LogP contribution < -0.4 is 10.2 Å². The summed E-state index contributed by atoms with van der Waals surface area (Å²) < 4.78 is 18.4. The minimum absolute atomic E-state index is 0.136. The summed E-state index contributed by atoms with van der Waals surface area (Å²) in [7, 11) is 0. The predicted octanol–water partition coefficient (Wildman–Crippen LogP) is 3.87. The SMILES string of the molecule is CCC(C)c1ccc(OCC(=O)N/N=C/c2cccc(F)c2)cc1. The molecule has 2 rings (SSSR count). The topological polar surface area (TPSA) is 50.7 Å². The molecule has 0 bridgehead atoms. The van der Waals surface area contributed by atoms with Crippen LogP contribution in [0.3, 0.4) is 0 Å². The molecule has 0 saturated carbocycles. The van der Waals surface area contributed by atoms with Crippen molar-refractivity contribution in [2.45, 2.75) is 26.2 Å². The fourth-order valence-corrected chi connectivity index (χ4v) is 2.08. The first-order chi connectivity index (χ1) is 11.6. The molecule has 1 unspecified atom stereocenters. The number of benzene rings is 2. The fraction of sp³-hybridized carbons (Fsp3) is 0.263. The smallest absolute Gasteiger partial charge is 0.277 e. The molecular formula is C19H21FN2O2. The molecule has 1 amide bonds. The van der Waals surface area contributed by atoms with E-state index in [1.54, 1.807) is 12.1 Å². The standard InChI is InChI=1S/C19H21FN2O2/c1-3-14(2)16-7-9-18(10-8-16)24-13-19(23)22-21-12-15-5-4-6-17(20)11-15/h4-12,14H,3,13H2,1-2H3,(H,22,23)/b21-12+. The van der Waals surface area contributed by atoms with Gasteiger partial charge in [0.05, 0.1) is 6.21 Å². The Bertz CT molecular complexity index is 699. The second kappa shape index (κ2) is 8.82. The summed E-state index contributed by atoms with van der Waals surface area (Å²) in [5, 5.41) is 3.77. The third-order valence-corrected chi connectivity index (χ3v) is 3.68. The monoisotopic (exact) mass is 328 g/mol. The highest BCUT2D eigenvalue weighted by Crippen LogP contribution is 2.21. The van der Waals surface area contributed by atoms with Crippen LogP contribution in [-0.2, 0) is 4.79 Å². The van der Waals surface area contributed by atoms with E-state index in [4.69, 9.17) is 4.74 Å². The first-order valence-electron chi connectivity index (χ1n) is 7.88. The highest BCUT2D eigenvalue weighted by atomic mass is 19.1. The Morgan fingerprint density at radius 3 is 2.71 bits per heavy atom. The highest BCUT2D eigenvalue weighted by molar-refractivity contribution is 5.82. The first kappa shape index (κ1) is 17.7. The number of nitrogens with one attached hydrogen (secondary N) is 1. The average Bonchev–Trinajstić information content (AvgIpc) is 2.60. The molecule has 2 aromatic rings. The fourth-order valence-electron chi connectivity index (χ4n) is 2.08. The van der Waals surface area contributed by atoms with Crippen LogP contribution in [0.1, 0.15) is 37.3 Å². The van der Waals surface area contributed by atoms with E-state index in [9.17, 15) is 9.18 Å². The molecule has 126 valence electrons. The molecular weight excluding hydrogens is 307 g/mol. The molecule has 0 heterocycles. The Morgan fingerprint density at radius 2 is 2.04 bits per heavy atom. The number of nitrogens with zero attached hydrogens (tertiary/aromatic N) is 1. The molecule has 0 aliphatic rings. The third kappa shape index (κ3) is 5.50. The Kier molecular flexibility index (Phi) is 6.49. The van der Waals surface area contributed by atoms with Gasteiger partial charge >= 0.3 is 0 Å². The quantitative estimate of drug-likeness (QED) is 0.619. The van der Waals surface area contributed by atoms with Gasteiger partial charge in [0.2, 0.25) is 0 Å². The maximum atomic E-state index is 13.0. The molecule has 0 spiro atoms. The van der Waals surface area contributed by atoms with Crippen LogP contribution in [0.2, 0.25) is 0 Å². The molecule has 24 heavy (non-hydrogen) atoms. The van der Waals surface area contributed by atoms with E-state index in [1.165, 1.54) is 23.9 Å². The second-order valence-corrected chi connectivity index (χ2v) is 5.52. The largest absolute Gasteiger partial charge is 0.484 e. The second-order valence-electron chi connectivity index (χ2n) is 5.52. The summed E-state index contributed by atoms with van der Waals surface area (Å²) >= 11 is 0. The van der Waals surface area contributed by atoms with Crippen LogP contribution in [0, 0.1) is 5.82 Å². The summed E-state index contributed by atoms with van der Waals surface area (Å²) in [6, 6.07) is 13.6. The van der Waals surface area contributed by atoms with E-state index in [0.29, 0.717) is 17.2 Å². The van der Waals surface area contributed by atoms with E-state index in [-0.39, 0.29) is 18.3 Å². The number of rotatable bonds is 7. The van der Waals surface area contributed by atoms with Gasteiger partial charge in [-0.1, -0.05) is 38.1 Å². The lowest BCUT2D eigenvalue weighted by molar-refractivity contribution is -0.123. The summed E-state index contributed by atoms with van der Waals surface area (Å²) in [5.74, 6) is 0.397. The zero-order valence-electron chi connectivity index (χ0n) is 13.8. The summed E-state index contributed by atoms with van der Waals surface area (Å²) in [6.07, 6.45) is 2.45. The van der Waals surface area contributed by atoms with E-state index < -0.39 is 0 Å². The molecule has 5 heteroatoms. The van der Waals surface area contributed by atoms with Gasteiger partial charge in [0.1, 0.15) is 11.6 Å². The molecule has 2 aromatic carbocycles. The van der Waals surface area contributed by atoms with Gasteiger partial charge in [0.25, 0.3) is 5.91 Å². The third-order valence-electron chi connectivity index (χ3n) is 3.68. The van der Waals surface area contributed by atoms with Crippen LogP contribution in [0.4, 0.5) is 4.39 Å². The summed E-state index contributed by atoms with van der Waals surface area (Å²) in [6.45, 7) is 4.17. The van der Waals surface area contributed by atoms with Gasteiger partial charge in [-0.3, -0.25) is 4.79 Å². The van der Waals surface area contributed by atoms with Crippen molar-refractivity contribution in [1.82, 2.24) is 5.43 Å². The number of hydrogen-bond donors (Lipinski definition) is 1. The van der Waals surface area contributed by atoms with Gasteiger partial charge in [0, 0.05) is 0 Å². The van der Waals surface area contributed by atoms with Crippen molar-refractivity contribution < 1.29 is 13.9 Å². The van der Waals surface area contributed by atoms with E-state index >= 15 is 0 Å². The highest BCUT2D eigenvalue weighted by Gasteiger charge is 2.04. The molecule has 0 radical (unpaired) electrons. The number of halogens is 1. The number of amides is 1. The Labute approximate surface area is 141 Å². The Hall–Kier alpha value is -2.69. The van der Waals surface area contributed by atoms with E-state index in [0.717, 1.165) is 6.42 Å². The normalized spacial score (nSPS) is 12.1. The van der Waals surface area contributed by atoms with Gasteiger partial charge in [0.15, 0.2) is 6.61 Å². The number of carbonyl (C=O) groups excluding carboxylic acids is 1. The van der Waals surface area contributed by atoms with E-state index in [2.05, 4.69) is 24.4 Å². The molecule has 0 aromatic heterocycles. The zero-order chi connectivity index (χ0) is 17.4.